The maximum atomic E-state index is 11.4. The van der Waals surface area contributed by atoms with Gasteiger partial charge in [-0.25, -0.2) is 4.57 Å². The van der Waals surface area contributed by atoms with Gasteiger partial charge in [-0.05, 0) is 6.42 Å². The van der Waals surface area contributed by atoms with E-state index in [0.717, 1.165) is 12.8 Å². The molecule has 0 aromatic heterocycles. The molecule has 0 rings (SSSR count). The van der Waals surface area contributed by atoms with Crippen molar-refractivity contribution in [2.75, 3.05) is 6.61 Å². The van der Waals surface area contributed by atoms with Gasteiger partial charge in [-0.1, -0.05) is 19.8 Å². The molecular formula is C10H21O8P. The van der Waals surface area contributed by atoms with Crippen LogP contribution in [0.1, 0.15) is 32.6 Å². The third-order valence-corrected chi connectivity index (χ3v) is 2.97. The number of ketones is 1. The van der Waals surface area contributed by atoms with Crippen LogP contribution in [0.15, 0.2) is 0 Å². The monoisotopic (exact) mass is 300 g/mol. The number of phosphoric ester groups is 1. The highest BCUT2D eigenvalue weighted by Gasteiger charge is 2.31. The van der Waals surface area contributed by atoms with E-state index in [0.29, 0.717) is 6.42 Å². The maximum Gasteiger partial charge on any atom is 0.469 e. The smallest absolute Gasteiger partial charge is 0.388 e. The van der Waals surface area contributed by atoms with Gasteiger partial charge in [0.2, 0.25) is 0 Å². The van der Waals surface area contributed by atoms with Gasteiger partial charge < -0.3 is 25.1 Å². The van der Waals surface area contributed by atoms with Crippen molar-refractivity contribution in [3.63, 3.8) is 0 Å². The topological polar surface area (TPSA) is 145 Å². The molecule has 0 aliphatic heterocycles. The van der Waals surface area contributed by atoms with Crippen LogP contribution in [0.25, 0.3) is 0 Å². The number of hydrogen-bond donors (Lipinski definition) is 5. The van der Waals surface area contributed by atoms with Crippen LogP contribution >= 0.6 is 7.82 Å². The van der Waals surface area contributed by atoms with Gasteiger partial charge in [0.05, 0.1) is 6.61 Å². The molecule has 0 heterocycles. The van der Waals surface area contributed by atoms with E-state index < -0.39 is 38.5 Å². The molecule has 0 aromatic carbocycles. The highest BCUT2D eigenvalue weighted by atomic mass is 31.2. The quantitative estimate of drug-likeness (QED) is 0.264. The molecule has 5 N–H and O–H groups in total. The first-order valence-electron chi connectivity index (χ1n) is 5.96. The first kappa shape index (κ1) is 18.7. The van der Waals surface area contributed by atoms with E-state index in [9.17, 15) is 24.7 Å². The van der Waals surface area contributed by atoms with E-state index in [1.54, 1.807) is 0 Å². The molecule has 0 bridgehead atoms. The van der Waals surface area contributed by atoms with Gasteiger partial charge in [-0.3, -0.25) is 9.32 Å². The summed E-state index contributed by atoms with van der Waals surface area (Å²) in [5.41, 5.74) is 0. The van der Waals surface area contributed by atoms with Crippen LogP contribution in [-0.2, 0) is 13.9 Å². The Morgan fingerprint density at radius 3 is 2.26 bits per heavy atom. The SMILES string of the molecule is CCCCCC(=O)[C@H](O)[C@H](O)[C@H](O)COP(=O)(O)O. The lowest BCUT2D eigenvalue weighted by atomic mass is 10.0. The number of rotatable bonds is 10. The summed E-state index contributed by atoms with van der Waals surface area (Å²) in [6.07, 6.45) is -3.08. The van der Waals surface area contributed by atoms with Crippen molar-refractivity contribution in [3.8, 4) is 0 Å². The standard InChI is InChI=1S/C10H21O8P/c1-2-3-4-5-7(11)9(13)10(14)8(12)6-18-19(15,16)17/h8-10,12-14H,2-6H2,1H3,(H2,15,16,17)/t8-,9+,10-/m1/s1. The number of carbonyl (C=O) groups excluding carboxylic acids is 1. The van der Waals surface area contributed by atoms with Gasteiger partial charge in [-0.15, -0.1) is 0 Å². The average molecular weight is 300 g/mol. The van der Waals surface area contributed by atoms with E-state index in [1.165, 1.54) is 0 Å². The summed E-state index contributed by atoms with van der Waals surface area (Å²) in [5, 5.41) is 28.3. The minimum absolute atomic E-state index is 0.0676. The fourth-order valence-electron chi connectivity index (χ4n) is 1.37. The van der Waals surface area contributed by atoms with Crippen molar-refractivity contribution < 1.29 is 39.0 Å². The maximum absolute atomic E-state index is 11.4. The fraction of sp³-hybridized carbons (Fsp3) is 0.900. The number of unbranched alkanes of at least 4 members (excludes halogenated alkanes) is 2. The minimum atomic E-state index is -4.77. The Hall–Kier alpha value is -0.340. The van der Waals surface area contributed by atoms with Gasteiger partial charge in [0.25, 0.3) is 0 Å². The zero-order valence-electron chi connectivity index (χ0n) is 10.7. The third kappa shape index (κ3) is 8.43. The van der Waals surface area contributed by atoms with E-state index in [4.69, 9.17) is 9.79 Å². The summed E-state index contributed by atoms with van der Waals surface area (Å²) in [5.74, 6) is -0.629. The number of carbonyl (C=O) groups is 1. The molecule has 0 radical (unpaired) electrons. The number of aliphatic hydroxyl groups is 3. The molecule has 0 unspecified atom stereocenters. The molecule has 0 saturated heterocycles. The van der Waals surface area contributed by atoms with Crippen LogP contribution in [-0.4, -0.2) is 55.8 Å². The van der Waals surface area contributed by atoms with Crippen molar-refractivity contribution >= 4 is 13.6 Å². The van der Waals surface area contributed by atoms with Crippen molar-refractivity contribution in [3.05, 3.63) is 0 Å². The molecule has 19 heavy (non-hydrogen) atoms. The molecule has 0 aromatic rings. The molecule has 0 saturated carbocycles. The summed E-state index contributed by atoms with van der Waals surface area (Å²) in [4.78, 5) is 28.3. The number of hydrogen-bond acceptors (Lipinski definition) is 6. The summed E-state index contributed by atoms with van der Waals surface area (Å²) >= 11 is 0. The Morgan fingerprint density at radius 2 is 1.79 bits per heavy atom. The summed E-state index contributed by atoms with van der Waals surface area (Å²) in [6, 6.07) is 0. The van der Waals surface area contributed by atoms with Crippen molar-refractivity contribution in [2.24, 2.45) is 0 Å². The Balaban J connectivity index is 4.19. The minimum Gasteiger partial charge on any atom is -0.388 e. The summed E-state index contributed by atoms with van der Waals surface area (Å²) in [6.45, 7) is 1.06. The molecule has 9 heteroatoms. The van der Waals surface area contributed by atoms with E-state index in [2.05, 4.69) is 4.52 Å². The Morgan fingerprint density at radius 1 is 1.21 bits per heavy atom. The lowest BCUT2D eigenvalue weighted by molar-refractivity contribution is -0.140. The average Bonchev–Trinajstić information content (AvgIpc) is 2.33. The van der Waals surface area contributed by atoms with Crippen LogP contribution in [0.5, 0.6) is 0 Å². The first-order chi connectivity index (χ1) is 8.69. The van der Waals surface area contributed by atoms with Gasteiger partial charge >= 0.3 is 7.82 Å². The molecule has 0 spiro atoms. The molecular weight excluding hydrogens is 279 g/mol. The molecule has 114 valence electrons. The van der Waals surface area contributed by atoms with Gasteiger partial charge in [0, 0.05) is 6.42 Å². The normalized spacial score (nSPS) is 16.9. The van der Waals surface area contributed by atoms with Crippen molar-refractivity contribution in [2.45, 2.75) is 50.9 Å². The molecule has 0 aliphatic carbocycles. The first-order valence-corrected chi connectivity index (χ1v) is 7.49. The molecule has 0 aliphatic rings. The van der Waals surface area contributed by atoms with Crippen molar-refractivity contribution in [1.29, 1.82) is 0 Å². The van der Waals surface area contributed by atoms with Crippen LogP contribution in [0.3, 0.4) is 0 Å². The Labute approximate surface area is 111 Å². The predicted molar refractivity (Wildman–Crippen MR) is 65.2 cm³/mol. The zero-order chi connectivity index (χ0) is 15.1. The highest BCUT2D eigenvalue weighted by Crippen LogP contribution is 2.35. The summed E-state index contributed by atoms with van der Waals surface area (Å²) < 4.78 is 14.4. The third-order valence-electron chi connectivity index (χ3n) is 2.49. The van der Waals surface area contributed by atoms with Crippen molar-refractivity contribution in [1.82, 2.24) is 0 Å². The zero-order valence-corrected chi connectivity index (χ0v) is 11.6. The number of phosphoric acid groups is 1. The van der Waals surface area contributed by atoms with Crippen LogP contribution < -0.4 is 0 Å². The second-order valence-electron chi connectivity index (χ2n) is 4.21. The molecule has 3 atom stereocenters. The van der Waals surface area contributed by atoms with E-state index >= 15 is 0 Å². The lowest BCUT2D eigenvalue weighted by Crippen LogP contribution is -2.44. The fourth-order valence-corrected chi connectivity index (χ4v) is 1.72. The number of aliphatic hydroxyl groups excluding tert-OH is 3. The van der Waals surface area contributed by atoms with E-state index in [1.807, 2.05) is 6.92 Å². The summed E-state index contributed by atoms with van der Waals surface area (Å²) in [7, 11) is -4.77. The Kier molecular flexibility index (Phi) is 8.60. The highest BCUT2D eigenvalue weighted by molar-refractivity contribution is 7.46. The van der Waals surface area contributed by atoms with Crippen LogP contribution in [0, 0.1) is 0 Å². The van der Waals surface area contributed by atoms with E-state index in [-0.39, 0.29) is 6.42 Å². The van der Waals surface area contributed by atoms with Crippen LogP contribution in [0.4, 0.5) is 0 Å². The second kappa shape index (κ2) is 8.76. The molecule has 8 nitrogen and oxygen atoms in total. The molecule has 0 amide bonds. The second-order valence-corrected chi connectivity index (χ2v) is 5.45. The lowest BCUT2D eigenvalue weighted by Gasteiger charge is -2.22. The predicted octanol–water partition coefficient (Wildman–Crippen LogP) is -0.672. The molecule has 0 fully saturated rings. The van der Waals surface area contributed by atoms with Gasteiger partial charge in [-0.2, -0.15) is 0 Å². The van der Waals surface area contributed by atoms with Gasteiger partial charge in [0.15, 0.2) is 5.78 Å². The van der Waals surface area contributed by atoms with Crippen LogP contribution in [0.2, 0.25) is 0 Å². The largest absolute Gasteiger partial charge is 0.469 e. The van der Waals surface area contributed by atoms with Gasteiger partial charge in [0.1, 0.15) is 18.3 Å². The Bertz CT molecular complexity index is 315. The number of Topliss-reactive ketones (excluding diaryl/α,β-unsaturated/α-hetero) is 1.